The Kier molecular flexibility index (Phi) is 4.73. The Morgan fingerprint density at radius 1 is 1.38 bits per heavy atom. The van der Waals surface area contributed by atoms with Gasteiger partial charge in [-0.2, -0.15) is 0 Å². The van der Waals surface area contributed by atoms with Crippen LogP contribution in [-0.2, 0) is 14.3 Å². The molecular weight excluding hydrogens is 210 g/mol. The number of hydrogen-bond acceptors (Lipinski definition) is 3. The molecule has 5 heteroatoms. The van der Waals surface area contributed by atoms with E-state index in [0.717, 1.165) is 6.42 Å². The fourth-order valence-electron chi connectivity index (χ4n) is 2.01. The van der Waals surface area contributed by atoms with Gasteiger partial charge in [0.1, 0.15) is 5.92 Å². The number of amides is 1. The third kappa shape index (κ3) is 2.72. The third-order valence-electron chi connectivity index (χ3n) is 2.86. The average molecular weight is 229 g/mol. The van der Waals surface area contributed by atoms with E-state index in [2.05, 4.69) is 0 Å². The van der Waals surface area contributed by atoms with Crippen LogP contribution < -0.4 is 0 Å². The lowest BCUT2D eigenvalue weighted by Crippen LogP contribution is -2.46. The predicted molar refractivity (Wildman–Crippen MR) is 58.0 cm³/mol. The molecule has 1 heterocycles. The van der Waals surface area contributed by atoms with Gasteiger partial charge < -0.3 is 14.7 Å². The Hall–Kier alpha value is -1.10. The molecule has 1 N–H and O–H groups in total. The fourth-order valence-corrected chi connectivity index (χ4v) is 2.01. The second-order valence-electron chi connectivity index (χ2n) is 3.99. The van der Waals surface area contributed by atoms with Gasteiger partial charge in [0.25, 0.3) is 0 Å². The molecule has 5 nitrogen and oxygen atoms in total. The summed E-state index contributed by atoms with van der Waals surface area (Å²) in [5, 5.41) is 9.04. The maximum Gasteiger partial charge on any atom is 0.311 e. The van der Waals surface area contributed by atoms with E-state index in [1.165, 1.54) is 0 Å². The molecular formula is C11H19NO4. The molecule has 0 aromatic rings. The number of carboxylic acids is 1. The summed E-state index contributed by atoms with van der Waals surface area (Å²) in [6, 6.07) is -0.301. The SMILES string of the molecule is CCCN(C(=O)CC)C1COCC1C(=O)O. The summed E-state index contributed by atoms with van der Waals surface area (Å²) in [6.45, 7) is 4.91. The molecule has 1 aliphatic rings. The zero-order valence-electron chi connectivity index (χ0n) is 9.81. The van der Waals surface area contributed by atoms with E-state index in [0.29, 0.717) is 19.6 Å². The Morgan fingerprint density at radius 3 is 2.56 bits per heavy atom. The van der Waals surface area contributed by atoms with Crippen molar-refractivity contribution in [3.8, 4) is 0 Å². The molecule has 16 heavy (non-hydrogen) atoms. The third-order valence-corrected chi connectivity index (χ3v) is 2.86. The van der Waals surface area contributed by atoms with Gasteiger partial charge in [-0.1, -0.05) is 13.8 Å². The number of ether oxygens (including phenoxy) is 1. The molecule has 0 aliphatic carbocycles. The van der Waals surface area contributed by atoms with Gasteiger partial charge in [-0.25, -0.2) is 0 Å². The minimum absolute atomic E-state index is 0.00333. The van der Waals surface area contributed by atoms with Crippen molar-refractivity contribution in [1.82, 2.24) is 4.90 Å². The van der Waals surface area contributed by atoms with Crippen LogP contribution in [0, 0.1) is 5.92 Å². The van der Waals surface area contributed by atoms with Crippen LogP contribution in [-0.4, -0.2) is 47.7 Å². The summed E-state index contributed by atoms with van der Waals surface area (Å²) in [5.41, 5.74) is 0. The van der Waals surface area contributed by atoms with E-state index in [4.69, 9.17) is 9.84 Å². The highest BCUT2D eigenvalue weighted by Crippen LogP contribution is 2.21. The molecule has 1 aliphatic heterocycles. The van der Waals surface area contributed by atoms with Crippen LogP contribution in [0.1, 0.15) is 26.7 Å². The largest absolute Gasteiger partial charge is 0.481 e. The van der Waals surface area contributed by atoms with Crippen LogP contribution in [0.4, 0.5) is 0 Å². The number of carbonyl (C=O) groups excluding carboxylic acids is 1. The maximum absolute atomic E-state index is 11.7. The smallest absolute Gasteiger partial charge is 0.311 e. The highest BCUT2D eigenvalue weighted by atomic mass is 16.5. The van der Waals surface area contributed by atoms with E-state index >= 15 is 0 Å². The van der Waals surface area contributed by atoms with Crippen molar-refractivity contribution < 1.29 is 19.4 Å². The second kappa shape index (κ2) is 5.84. The summed E-state index contributed by atoms with van der Waals surface area (Å²) in [4.78, 5) is 24.4. The van der Waals surface area contributed by atoms with Gasteiger partial charge in [0, 0.05) is 13.0 Å². The Balaban J connectivity index is 2.76. The maximum atomic E-state index is 11.7. The van der Waals surface area contributed by atoms with Crippen molar-refractivity contribution in [2.75, 3.05) is 19.8 Å². The zero-order chi connectivity index (χ0) is 12.1. The fraction of sp³-hybridized carbons (Fsp3) is 0.818. The van der Waals surface area contributed by atoms with Gasteiger partial charge in [0.15, 0.2) is 0 Å². The van der Waals surface area contributed by atoms with Crippen LogP contribution in [0.2, 0.25) is 0 Å². The molecule has 0 radical (unpaired) electrons. The number of nitrogens with zero attached hydrogens (tertiary/aromatic N) is 1. The lowest BCUT2D eigenvalue weighted by Gasteiger charge is -2.29. The van der Waals surface area contributed by atoms with Gasteiger partial charge in [-0.3, -0.25) is 9.59 Å². The predicted octanol–water partition coefficient (Wildman–Crippen LogP) is 0.735. The van der Waals surface area contributed by atoms with E-state index in [9.17, 15) is 9.59 Å². The summed E-state index contributed by atoms with van der Waals surface area (Å²) >= 11 is 0. The van der Waals surface area contributed by atoms with E-state index in [1.807, 2.05) is 6.92 Å². The molecule has 0 spiro atoms. The Morgan fingerprint density at radius 2 is 2.06 bits per heavy atom. The monoisotopic (exact) mass is 229 g/mol. The van der Waals surface area contributed by atoms with Crippen LogP contribution in [0.5, 0.6) is 0 Å². The number of aliphatic carboxylic acids is 1. The standard InChI is InChI=1S/C11H19NO4/c1-3-5-12(10(13)4-2)9-7-16-6-8(9)11(14)15/h8-9H,3-7H2,1-2H3,(H,14,15). The first-order chi connectivity index (χ1) is 7.61. The molecule has 92 valence electrons. The number of rotatable bonds is 5. The second-order valence-corrected chi connectivity index (χ2v) is 3.99. The minimum Gasteiger partial charge on any atom is -0.481 e. The molecule has 1 saturated heterocycles. The van der Waals surface area contributed by atoms with E-state index < -0.39 is 11.9 Å². The Bertz CT molecular complexity index is 267. The van der Waals surface area contributed by atoms with Crippen molar-refractivity contribution in [2.24, 2.45) is 5.92 Å². The number of carbonyl (C=O) groups is 2. The summed E-state index contributed by atoms with van der Waals surface area (Å²) in [5.74, 6) is -1.46. The van der Waals surface area contributed by atoms with Crippen molar-refractivity contribution in [3.63, 3.8) is 0 Å². The van der Waals surface area contributed by atoms with Gasteiger partial charge in [0.05, 0.1) is 19.3 Å². The van der Waals surface area contributed by atoms with Gasteiger partial charge in [-0.15, -0.1) is 0 Å². The van der Waals surface area contributed by atoms with E-state index in [-0.39, 0.29) is 18.6 Å². The quantitative estimate of drug-likeness (QED) is 0.755. The van der Waals surface area contributed by atoms with Crippen LogP contribution >= 0.6 is 0 Å². The molecule has 2 atom stereocenters. The topological polar surface area (TPSA) is 66.8 Å². The van der Waals surface area contributed by atoms with Crippen molar-refractivity contribution in [2.45, 2.75) is 32.7 Å². The normalized spacial score (nSPS) is 24.4. The summed E-state index contributed by atoms with van der Waals surface area (Å²) in [6.07, 6.45) is 1.23. The molecule has 0 aromatic carbocycles. The number of hydrogen-bond donors (Lipinski definition) is 1. The Labute approximate surface area is 95.4 Å². The van der Waals surface area contributed by atoms with Crippen molar-refractivity contribution in [1.29, 1.82) is 0 Å². The molecule has 1 fully saturated rings. The highest BCUT2D eigenvalue weighted by Gasteiger charge is 2.39. The van der Waals surface area contributed by atoms with Gasteiger partial charge in [-0.05, 0) is 6.42 Å². The summed E-state index contributed by atoms with van der Waals surface area (Å²) in [7, 11) is 0. The van der Waals surface area contributed by atoms with Crippen LogP contribution in [0.3, 0.4) is 0 Å². The molecule has 0 aromatic heterocycles. The van der Waals surface area contributed by atoms with Crippen LogP contribution in [0.25, 0.3) is 0 Å². The first-order valence-corrected chi connectivity index (χ1v) is 5.71. The first-order valence-electron chi connectivity index (χ1n) is 5.71. The first kappa shape index (κ1) is 13.0. The lowest BCUT2D eigenvalue weighted by molar-refractivity contribution is -0.145. The number of carboxylic acid groups (broad SMARTS) is 1. The highest BCUT2D eigenvalue weighted by molar-refractivity contribution is 5.78. The van der Waals surface area contributed by atoms with Crippen molar-refractivity contribution >= 4 is 11.9 Å². The molecule has 1 rings (SSSR count). The van der Waals surface area contributed by atoms with Gasteiger partial charge in [0.2, 0.25) is 5.91 Å². The zero-order valence-corrected chi connectivity index (χ0v) is 9.81. The molecule has 1 amide bonds. The van der Waals surface area contributed by atoms with E-state index in [1.54, 1.807) is 11.8 Å². The van der Waals surface area contributed by atoms with Gasteiger partial charge >= 0.3 is 5.97 Å². The molecule has 0 bridgehead atoms. The average Bonchev–Trinajstić information content (AvgIpc) is 2.73. The minimum atomic E-state index is -0.882. The van der Waals surface area contributed by atoms with Crippen molar-refractivity contribution in [3.05, 3.63) is 0 Å². The molecule has 2 unspecified atom stereocenters. The molecule has 0 saturated carbocycles. The summed E-state index contributed by atoms with van der Waals surface area (Å²) < 4.78 is 5.18. The van der Waals surface area contributed by atoms with Crippen LogP contribution in [0.15, 0.2) is 0 Å². The lowest BCUT2D eigenvalue weighted by atomic mass is 10.0.